The normalized spacial score (nSPS) is 23.6. The fourth-order valence-corrected chi connectivity index (χ4v) is 4.98. The molecule has 1 fully saturated rings. The number of nitrogens with zero attached hydrogens (tertiary/aromatic N) is 4. The second-order valence-electron chi connectivity index (χ2n) is 8.69. The van der Waals surface area contributed by atoms with Crippen LogP contribution in [-0.4, -0.2) is 64.8 Å². The molecule has 2 aliphatic rings. The van der Waals surface area contributed by atoms with Crippen LogP contribution >= 0.6 is 0 Å². The minimum Gasteiger partial charge on any atom is -0.483 e. The first-order valence-electron chi connectivity index (χ1n) is 11.4. The van der Waals surface area contributed by atoms with E-state index in [-0.39, 0.29) is 12.5 Å². The number of likely N-dealkylation sites (tertiary alicyclic amines) is 1. The summed E-state index contributed by atoms with van der Waals surface area (Å²) >= 11 is 0. The van der Waals surface area contributed by atoms with Crippen molar-refractivity contribution in [3.63, 3.8) is 0 Å². The molecule has 2 aliphatic heterocycles. The van der Waals surface area contributed by atoms with E-state index in [1.54, 1.807) is 0 Å². The van der Waals surface area contributed by atoms with Gasteiger partial charge in [-0.3, -0.25) is 9.48 Å². The van der Waals surface area contributed by atoms with Crippen molar-refractivity contribution >= 4 is 5.91 Å². The Morgan fingerprint density at radius 3 is 2.90 bits per heavy atom. The highest BCUT2D eigenvalue weighted by Gasteiger charge is 2.33. The number of carbonyl (C=O) groups excluding carboxylic acids is 1. The second-order valence-corrected chi connectivity index (χ2v) is 8.69. The highest BCUT2D eigenvalue weighted by Crippen LogP contribution is 2.28. The standard InChI is InChI=1S/C24H34N4O2/c1-26-22-12-17-27(14-7-16-28-15-6-13-25-28)18-21(22)10-3-2-8-20-9-4-5-11-23(20)30-19-24(26)29/h4-6,9,11,13,15,21-22H,2-3,7-8,10,12,14,16-19H2,1H3/t21-,22+/m0/s1. The lowest BCUT2D eigenvalue weighted by molar-refractivity contribution is -0.136. The first-order chi connectivity index (χ1) is 14.7. The predicted molar refractivity (Wildman–Crippen MR) is 117 cm³/mol. The van der Waals surface area contributed by atoms with Crippen molar-refractivity contribution in [1.82, 2.24) is 19.6 Å². The molecular weight excluding hydrogens is 376 g/mol. The average Bonchev–Trinajstić information content (AvgIpc) is 3.28. The van der Waals surface area contributed by atoms with Crippen LogP contribution < -0.4 is 4.74 Å². The van der Waals surface area contributed by atoms with Gasteiger partial charge in [0.2, 0.25) is 0 Å². The van der Waals surface area contributed by atoms with Crippen LogP contribution in [0.2, 0.25) is 0 Å². The fourth-order valence-electron chi connectivity index (χ4n) is 4.98. The number of hydrogen-bond acceptors (Lipinski definition) is 4. The quantitative estimate of drug-likeness (QED) is 0.777. The van der Waals surface area contributed by atoms with Crippen molar-refractivity contribution in [3.8, 4) is 5.75 Å². The van der Waals surface area contributed by atoms with Gasteiger partial charge in [0.05, 0.1) is 0 Å². The van der Waals surface area contributed by atoms with Crippen molar-refractivity contribution in [1.29, 1.82) is 0 Å². The van der Waals surface area contributed by atoms with E-state index in [1.165, 1.54) is 24.8 Å². The zero-order chi connectivity index (χ0) is 20.8. The third-order valence-electron chi connectivity index (χ3n) is 6.68. The summed E-state index contributed by atoms with van der Waals surface area (Å²) in [5.74, 6) is 1.49. The third-order valence-corrected chi connectivity index (χ3v) is 6.68. The molecule has 30 heavy (non-hydrogen) atoms. The molecule has 1 aromatic heterocycles. The number of benzene rings is 1. The molecule has 6 nitrogen and oxygen atoms in total. The molecule has 0 radical (unpaired) electrons. The number of fused-ring (bicyclic) bond motifs is 2. The third kappa shape index (κ3) is 5.22. The van der Waals surface area contributed by atoms with Gasteiger partial charge in [0.1, 0.15) is 5.75 Å². The van der Waals surface area contributed by atoms with Crippen molar-refractivity contribution in [2.45, 2.75) is 51.1 Å². The van der Waals surface area contributed by atoms with Gasteiger partial charge in [-0.1, -0.05) is 24.6 Å². The van der Waals surface area contributed by atoms with Gasteiger partial charge in [-0.15, -0.1) is 0 Å². The van der Waals surface area contributed by atoms with Gasteiger partial charge in [0, 0.05) is 45.1 Å². The van der Waals surface area contributed by atoms with Crippen molar-refractivity contribution in [2.24, 2.45) is 5.92 Å². The maximum Gasteiger partial charge on any atom is 0.260 e. The van der Waals surface area contributed by atoms with Gasteiger partial charge in [-0.25, -0.2) is 0 Å². The van der Waals surface area contributed by atoms with Gasteiger partial charge in [0.15, 0.2) is 6.61 Å². The largest absolute Gasteiger partial charge is 0.483 e. The molecule has 0 N–H and O–H groups in total. The van der Waals surface area contributed by atoms with Crippen LogP contribution in [0.4, 0.5) is 0 Å². The lowest BCUT2D eigenvalue weighted by Crippen LogP contribution is -2.52. The summed E-state index contributed by atoms with van der Waals surface area (Å²) in [6.07, 6.45) is 10.6. The van der Waals surface area contributed by atoms with E-state index in [0.717, 1.165) is 51.2 Å². The molecule has 1 saturated heterocycles. The molecule has 162 valence electrons. The van der Waals surface area contributed by atoms with E-state index in [4.69, 9.17) is 4.74 Å². The number of aromatic nitrogens is 2. The summed E-state index contributed by atoms with van der Waals surface area (Å²) in [5.41, 5.74) is 1.22. The zero-order valence-electron chi connectivity index (χ0n) is 18.1. The van der Waals surface area contributed by atoms with Crippen LogP contribution in [0.3, 0.4) is 0 Å². The Kier molecular flexibility index (Phi) is 7.05. The SMILES string of the molecule is CN1C(=O)COc2ccccc2CCCC[C@H]2CN(CCCn3cccn3)CC[C@H]21. The molecule has 0 unspecified atom stereocenters. The number of piperidine rings is 1. The molecule has 6 heteroatoms. The fraction of sp³-hybridized carbons (Fsp3) is 0.583. The molecule has 3 heterocycles. The Hall–Kier alpha value is -2.34. The minimum atomic E-state index is 0.0903. The van der Waals surface area contributed by atoms with Crippen molar-refractivity contribution in [3.05, 3.63) is 48.3 Å². The van der Waals surface area contributed by atoms with E-state index < -0.39 is 0 Å². The first kappa shape index (κ1) is 20.9. The number of amides is 1. The molecular formula is C24H34N4O2. The van der Waals surface area contributed by atoms with E-state index in [0.29, 0.717) is 12.0 Å². The number of hydrogen-bond donors (Lipinski definition) is 0. The number of likely N-dealkylation sites (N-methyl/N-ethyl adjacent to an activating group) is 1. The number of rotatable bonds is 4. The summed E-state index contributed by atoms with van der Waals surface area (Å²) in [6, 6.07) is 10.4. The van der Waals surface area contributed by atoms with Gasteiger partial charge >= 0.3 is 0 Å². The topological polar surface area (TPSA) is 50.6 Å². The molecule has 0 bridgehead atoms. The maximum absolute atomic E-state index is 12.9. The zero-order valence-corrected chi connectivity index (χ0v) is 18.1. The van der Waals surface area contributed by atoms with Gasteiger partial charge < -0.3 is 14.5 Å². The van der Waals surface area contributed by atoms with Crippen LogP contribution in [-0.2, 0) is 17.8 Å². The Labute approximate surface area is 179 Å². The van der Waals surface area contributed by atoms with E-state index in [1.807, 2.05) is 47.2 Å². The lowest BCUT2D eigenvalue weighted by Gasteiger charge is -2.43. The van der Waals surface area contributed by atoms with Crippen molar-refractivity contribution < 1.29 is 9.53 Å². The summed E-state index contributed by atoms with van der Waals surface area (Å²) in [4.78, 5) is 17.4. The minimum absolute atomic E-state index is 0.0903. The van der Waals surface area contributed by atoms with Crippen LogP contribution in [0.1, 0.15) is 37.7 Å². The molecule has 4 rings (SSSR count). The molecule has 2 atom stereocenters. The summed E-state index contributed by atoms with van der Waals surface area (Å²) in [5, 5.41) is 4.30. The van der Waals surface area contributed by atoms with Crippen LogP contribution in [0.5, 0.6) is 5.75 Å². The summed E-state index contributed by atoms with van der Waals surface area (Å²) in [7, 11) is 1.97. The van der Waals surface area contributed by atoms with E-state index in [9.17, 15) is 4.79 Å². The number of aryl methyl sites for hydroxylation is 2. The van der Waals surface area contributed by atoms with E-state index >= 15 is 0 Å². The Bertz CT molecular complexity index is 807. The number of ether oxygens (including phenoxy) is 1. The molecule has 1 amide bonds. The van der Waals surface area contributed by atoms with Crippen LogP contribution in [0.25, 0.3) is 0 Å². The lowest BCUT2D eigenvalue weighted by atomic mass is 9.86. The predicted octanol–water partition coefficient (Wildman–Crippen LogP) is 3.23. The average molecular weight is 411 g/mol. The molecule has 0 spiro atoms. The Balaban J connectivity index is 1.37. The van der Waals surface area contributed by atoms with Gasteiger partial charge in [0.25, 0.3) is 5.91 Å². The smallest absolute Gasteiger partial charge is 0.260 e. The van der Waals surface area contributed by atoms with Crippen molar-refractivity contribution in [2.75, 3.05) is 33.3 Å². The highest BCUT2D eigenvalue weighted by molar-refractivity contribution is 5.78. The van der Waals surface area contributed by atoms with E-state index in [2.05, 4.69) is 22.1 Å². The summed E-state index contributed by atoms with van der Waals surface area (Å²) < 4.78 is 7.93. The molecule has 0 saturated carbocycles. The molecule has 1 aromatic carbocycles. The van der Waals surface area contributed by atoms with Gasteiger partial charge in [-0.05, 0) is 62.3 Å². The second kappa shape index (κ2) is 10.1. The van der Waals surface area contributed by atoms with Gasteiger partial charge in [-0.2, -0.15) is 5.10 Å². The van der Waals surface area contributed by atoms with Crippen LogP contribution in [0.15, 0.2) is 42.7 Å². The maximum atomic E-state index is 12.9. The summed E-state index contributed by atoms with van der Waals surface area (Å²) in [6.45, 7) is 4.33. The Morgan fingerprint density at radius 1 is 1.13 bits per heavy atom. The first-order valence-corrected chi connectivity index (χ1v) is 11.4. The number of para-hydroxylation sites is 1. The number of carbonyl (C=O) groups is 1. The highest BCUT2D eigenvalue weighted by atomic mass is 16.5. The molecule has 0 aliphatic carbocycles. The molecule has 2 aromatic rings. The monoisotopic (exact) mass is 410 g/mol. The van der Waals surface area contributed by atoms with Crippen LogP contribution in [0, 0.1) is 5.92 Å². The Morgan fingerprint density at radius 2 is 2.03 bits per heavy atom.